The van der Waals surface area contributed by atoms with Crippen LogP contribution in [0.2, 0.25) is 0 Å². The summed E-state index contributed by atoms with van der Waals surface area (Å²) in [5.41, 5.74) is 1.25. The molecule has 1 heterocycles. The molecule has 0 unspecified atom stereocenters. The molecule has 1 amide bonds. The quantitative estimate of drug-likeness (QED) is 0.170. The molecule has 0 atom stereocenters. The maximum Gasteiger partial charge on any atom is 0.282 e. The van der Waals surface area contributed by atoms with Gasteiger partial charge in [-0.2, -0.15) is 9.78 Å². The number of hydrogen-bond acceptors (Lipinski definition) is 5. The zero-order chi connectivity index (χ0) is 26.4. The summed E-state index contributed by atoms with van der Waals surface area (Å²) in [5.74, 6) is 0.120. The molecule has 7 nitrogen and oxygen atoms in total. The highest BCUT2D eigenvalue weighted by Crippen LogP contribution is 2.22. The third-order valence-electron chi connectivity index (χ3n) is 5.41. The van der Waals surface area contributed by atoms with Crippen LogP contribution in [0.3, 0.4) is 0 Å². The number of halogens is 3. The van der Waals surface area contributed by atoms with Gasteiger partial charge in [0.25, 0.3) is 11.5 Å². The Bertz CT molecular complexity index is 1540. The van der Waals surface area contributed by atoms with Gasteiger partial charge in [-0.1, -0.05) is 41.4 Å². The van der Waals surface area contributed by atoms with Gasteiger partial charge < -0.3 is 10.1 Å². The largest absolute Gasteiger partial charge is 0.483 e. The van der Waals surface area contributed by atoms with Gasteiger partial charge in [-0.15, -0.1) is 0 Å². The van der Waals surface area contributed by atoms with E-state index in [4.69, 9.17) is 4.74 Å². The van der Waals surface area contributed by atoms with Crippen molar-refractivity contribution in [2.75, 3.05) is 11.9 Å². The Morgan fingerprint density at radius 3 is 2.78 bits per heavy atom. The van der Waals surface area contributed by atoms with Crippen LogP contribution in [0.5, 0.6) is 5.75 Å². The van der Waals surface area contributed by atoms with Crippen molar-refractivity contribution < 1.29 is 13.9 Å². The summed E-state index contributed by atoms with van der Waals surface area (Å²) in [6.45, 7) is 1.81. The van der Waals surface area contributed by atoms with Crippen molar-refractivity contribution in [1.82, 2.24) is 9.66 Å². The fourth-order valence-electron chi connectivity index (χ4n) is 3.54. The Balaban J connectivity index is 1.51. The lowest BCUT2D eigenvalue weighted by atomic mass is 10.2. The summed E-state index contributed by atoms with van der Waals surface area (Å²) in [4.78, 5) is 30.1. The number of nitrogens with one attached hydrogen (secondary N) is 1. The first-order chi connectivity index (χ1) is 17.9. The van der Waals surface area contributed by atoms with Crippen LogP contribution < -0.4 is 15.6 Å². The van der Waals surface area contributed by atoms with Gasteiger partial charge >= 0.3 is 0 Å². The number of amides is 1. The second-order valence-corrected chi connectivity index (χ2v) is 10.2. The highest BCUT2D eigenvalue weighted by molar-refractivity contribution is 14.1. The molecular weight excluding hydrogens is 654 g/mol. The first-order valence-electron chi connectivity index (χ1n) is 11.6. The first kappa shape index (κ1) is 26.9. The number of para-hydroxylation sites is 1. The minimum absolute atomic E-state index is 0.0986. The predicted octanol–water partition coefficient (Wildman–Crippen LogP) is 6.15. The Kier molecular flexibility index (Phi) is 9.04. The molecule has 0 bridgehead atoms. The third-order valence-corrected chi connectivity index (χ3v) is 6.75. The summed E-state index contributed by atoms with van der Waals surface area (Å²) in [5, 5.41) is 7.44. The molecule has 0 spiro atoms. The van der Waals surface area contributed by atoms with Crippen LogP contribution in [0.15, 0.2) is 75.0 Å². The van der Waals surface area contributed by atoms with E-state index < -0.39 is 11.7 Å². The number of nitrogens with zero attached hydrogens (tertiary/aromatic N) is 3. The second kappa shape index (κ2) is 12.4. The number of aromatic nitrogens is 2. The van der Waals surface area contributed by atoms with Crippen LogP contribution in [-0.2, 0) is 11.2 Å². The van der Waals surface area contributed by atoms with E-state index in [1.165, 1.54) is 16.8 Å². The van der Waals surface area contributed by atoms with Gasteiger partial charge in [-0.25, -0.2) is 9.37 Å². The Morgan fingerprint density at radius 2 is 2.03 bits per heavy atom. The number of unbranched alkanes of at least 4 members (excludes halogenated alkanes) is 1. The molecule has 0 saturated heterocycles. The number of carbonyl (C=O) groups is 1. The van der Waals surface area contributed by atoms with E-state index in [-0.39, 0.29) is 17.9 Å². The maximum absolute atomic E-state index is 13.7. The van der Waals surface area contributed by atoms with E-state index in [1.807, 2.05) is 18.2 Å². The monoisotopic (exact) mass is 676 g/mol. The van der Waals surface area contributed by atoms with E-state index in [0.29, 0.717) is 28.9 Å². The van der Waals surface area contributed by atoms with E-state index in [2.05, 4.69) is 60.8 Å². The molecule has 4 aromatic rings. The number of carbonyl (C=O) groups excluding carboxylic acids is 1. The molecule has 1 aromatic heterocycles. The van der Waals surface area contributed by atoms with Gasteiger partial charge in [0.1, 0.15) is 17.4 Å². The van der Waals surface area contributed by atoms with Crippen molar-refractivity contribution in [3.8, 4) is 5.75 Å². The van der Waals surface area contributed by atoms with Gasteiger partial charge in [-0.3, -0.25) is 9.59 Å². The van der Waals surface area contributed by atoms with E-state index in [0.717, 1.165) is 26.4 Å². The van der Waals surface area contributed by atoms with E-state index >= 15 is 0 Å². The molecule has 0 aliphatic carbocycles. The fraction of sp³-hybridized carbons (Fsp3) is 0.185. The third kappa shape index (κ3) is 6.80. The molecule has 3 aromatic carbocycles. The molecule has 4 rings (SSSR count). The normalized spacial score (nSPS) is 11.2. The summed E-state index contributed by atoms with van der Waals surface area (Å²) in [6, 6.07) is 16.7. The molecule has 0 saturated carbocycles. The van der Waals surface area contributed by atoms with Crippen molar-refractivity contribution >= 4 is 67.2 Å². The van der Waals surface area contributed by atoms with Crippen LogP contribution in [-0.4, -0.2) is 28.4 Å². The summed E-state index contributed by atoms with van der Waals surface area (Å²) < 4.78 is 22.2. The van der Waals surface area contributed by atoms with Gasteiger partial charge in [0.2, 0.25) is 0 Å². The topological polar surface area (TPSA) is 85.6 Å². The Hall–Kier alpha value is -3.12. The fourth-order valence-corrected chi connectivity index (χ4v) is 4.60. The van der Waals surface area contributed by atoms with Crippen LogP contribution in [0, 0.1) is 9.39 Å². The number of aryl methyl sites for hydroxylation is 1. The lowest BCUT2D eigenvalue weighted by Crippen LogP contribution is -2.22. The molecule has 0 aliphatic heterocycles. The van der Waals surface area contributed by atoms with Gasteiger partial charge in [0.15, 0.2) is 6.61 Å². The van der Waals surface area contributed by atoms with Gasteiger partial charge in [-0.05, 0) is 83.1 Å². The molecule has 0 fully saturated rings. The number of fused-ring (bicyclic) bond motifs is 1. The van der Waals surface area contributed by atoms with Crippen molar-refractivity contribution in [2.45, 2.75) is 26.2 Å². The number of rotatable bonds is 9. The maximum atomic E-state index is 13.7. The van der Waals surface area contributed by atoms with Crippen LogP contribution >= 0.6 is 38.5 Å². The van der Waals surface area contributed by atoms with E-state index in [1.54, 1.807) is 36.5 Å². The Morgan fingerprint density at radius 1 is 1.22 bits per heavy atom. The lowest BCUT2D eigenvalue weighted by Gasteiger charge is -2.10. The van der Waals surface area contributed by atoms with Crippen LogP contribution in [0.1, 0.15) is 31.2 Å². The van der Waals surface area contributed by atoms with Crippen molar-refractivity contribution in [3.63, 3.8) is 0 Å². The second-order valence-electron chi connectivity index (χ2n) is 8.16. The zero-order valence-corrected chi connectivity index (χ0v) is 23.6. The average molecular weight is 677 g/mol. The Labute approximate surface area is 235 Å². The van der Waals surface area contributed by atoms with Crippen molar-refractivity contribution in [3.05, 3.63) is 96.3 Å². The first-order valence-corrected chi connectivity index (χ1v) is 13.4. The highest BCUT2D eigenvalue weighted by Gasteiger charge is 2.12. The molecule has 37 heavy (non-hydrogen) atoms. The zero-order valence-electron chi connectivity index (χ0n) is 19.9. The SMILES string of the molecule is CCCCc1nc2ccc(Br)cc2c(=O)n1N=Cc1ccc(OCC(=O)Nc2ccccc2F)c(I)c1. The van der Waals surface area contributed by atoms with Crippen molar-refractivity contribution in [1.29, 1.82) is 0 Å². The average Bonchev–Trinajstić information content (AvgIpc) is 2.88. The molecule has 0 radical (unpaired) electrons. The molecular formula is C27H23BrFIN4O3. The molecule has 0 aliphatic rings. The predicted molar refractivity (Wildman–Crippen MR) is 155 cm³/mol. The molecule has 10 heteroatoms. The van der Waals surface area contributed by atoms with Crippen LogP contribution in [0.25, 0.3) is 10.9 Å². The molecule has 190 valence electrons. The summed E-state index contributed by atoms with van der Waals surface area (Å²) >= 11 is 5.51. The van der Waals surface area contributed by atoms with Crippen LogP contribution in [0.4, 0.5) is 10.1 Å². The van der Waals surface area contributed by atoms with Crippen molar-refractivity contribution in [2.24, 2.45) is 5.10 Å². The number of ether oxygens (including phenoxy) is 1. The minimum Gasteiger partial charge on any atom is -0.483 e. The number of anilines is 1. The van der Waals surface area contributed by atoms with E-state index in [9.17, 15) is 14.0 Å². The number of benzene rings is 3. The minimum atomic E-state index is -0.514. The summed E-state index contributed by atoms with van der Waals surface area (Å²) in [6.07, 6.45) is 4.09. The van der Waals surface area contributed by atoms with Gasteiger partial charge in [0, 0.05) is 10.9 Å². The number of hydrogen-bond donors (Lipinski definition) is 1. The summed E-state index contributed by atoms with van der Waals surface area (Å²) in [7, 11) is 0. The molecule has 1 N–H and O–H groups in total. The standard InChI is InChI=1S/C27H23BrFIN4O3/c1-2-3-8-25-32-22-11-10-18(28)14-19(22)27(36)34(25)31-15-17-9-12-24(21(30)13-17)37-16-26(35)33-23-7-5-4-6-20(23)29/h4-7,9-15H,2-3,8,16H2,1H3,(H,33,35). The smallest absolute Gasteiger partial charge is 0.282 e. The lowest BCUT2D eigenvalue weighted by molar-refractivity contribution is -0.118. The van der Waals surface area contributed by atoms with Gasteiger partial charge in [0.05, 0.1) is 26.4 Å². The highest BCUT2D eigenvalue weighted by atomic mass is 127.